The SMILES string of the molecule is C[C@H](NC(=O)NCc1ccc(S(N)(=O)=O)cc1)C(=O)[O-]. The molecule has 0 radical (unpaired) electrons. The summed E-state index contributed by atoms with van der Waals surface area (Å²) < 4.78 is 22.1. The lowest BCUT2D eigenvalue weighted by molar-refractivity contribution is -0.307. The van der Waals surface area contributed by atoms with Crippen molar-refractivity contribution in [3.05, 3.63) is 29.8 Å². The summed E-state index contributed by atoms with van der Waals surface area (Å²) in [6, 6.07) is 3.82. The van der Waals surface area contributed by atoms with E-state index in [-0.39, 0.29) is 11.4 Å². The van der Waals surface area contributed by atoms with Gasteiger partial charge in [-0.25, -0.2) is 18.4 Å². The number of carboxylic acids is 1. The summed E-state index contributed by atoms with van der Waals surface area (Å²) in [7, 11) is -3.75. The highest BCUT2D eigenvalue weighted by molar-refractivity contribution is 7.89. The van der Waals surface area contributed by atoms with E-state index in [2.05, 4.69) is 10.6 Å². The Balaban J connectivity index is 2.54. The van der Waals surface area contributed by atoms with Crippen molar-refractivity contribution >= 4 is 22.0 Å². The topological polar surface area (TPSA) is 141 Å². The van der Waals surface area contributed by atoms with E-state index in [0.29, 0.717) is 5.56 Å². The van der Waals surface area contributed by atoms with Crippen LogP contribution >= 0.6 is 0 Å². The molecule has 0 saturated carbocycles. The van der Waals surface area contributed by atoms with Gasteiger partial charge in [0, 0.05) is 6.54 Å². The first-order valence-corrected chi connectivity index (χ1v) is 7.12. The third kappa shape index (κ3) is 4.86. The van der Waals surface area contributed by atoms with Gasteiger partial charge in [-0.3, -0.25) is 0 Å². The van der Waals surface area contributed by atoms with E-state index >= 15 is 0 Å². The summed E-state index contributed by atoms with van der Waals surface area (Å²) in [5, 5.41) is 19.9. The fraction of sp³-hybridized carbons (Fsp3) is 0.273. The molecule has 1 aromatic carbocycles. The van der Waals surface area contributed by atoms with Gasteiger partial charge >= 0.3 is 6.03 Å². The highest BCUT2D eigenvalue weighted by atomic mass is 32.2. The number of aliphatic carboxylic acids is 1. The summed E-state index contributed by atoms with van der Waals surface area (Å²) >= 11 is 0. The molecule has 110 valence electrons. The lowest BCUT2D eigenvalue weighted by Crippen LogP contribution is -2.49. The highest BCUT2D eigenvalue weighted by Gasteiger charge is 2.09. The molecule has 1 aromatic rings. The van der Waals surface area contributed by atoms with E-state index in [1.54, 1.807) is 0 Å². The van der Waals surface area contributed by atoms with Crippen LogP contribution in [0.5, 0.6) is 0 Å². The molecule has 0 aromatic heterocycles. The second-order valence-electron chi connectivity index (χ2n) is 4.06. The van der Waals surface area contributed by atoms with Crippen LogP contribution in [-0.2, 0) is 21.4 Å². The molecule has 0 unspecified atom stereocenters. The van der Waals surface area contributed by atoms with Crippen LogP contribution in [0, 0.1) is 0 Å². The summed E-state index contributed by atoms with van der Waals surface area (Å²) in [5.41, 5.74) is 0.633. The third-order valence-corrected chi connectivity index (χ3v) is 3.34. The molecule has 0 aliphatic heterocycles. The van der Waals surface area contributed by atoms with Gasteiger partial charge in [-0.05, 0) is 24.6 Å². The Kier molecular flexibility index (Phi) is 5.06. The lowest BCUT2D eigenvalue weighted by atomic mass is 10.2. The number of amides is 2. The van der Waals surface area contributed by atoms with E-state index in [9.17, 15) is 23.1 Å². The van der Waals surface area contributed by atoms with Gasteiger partial charge in [-0.15, -0.1) is 0 Å². The van der Waals surface area contributed by atoms with Crippen LogP contribution in [0.1, 0.15) is 12.5 Å². The summed E-state index contributed by atoms with van der Waals surface area (Å²) in [4.78, 5) is 21.7. The molecule has 20 heavy (non-hydrogen) atoms. The average Bonchev–Trinajstić information content (AvgIpc) is 2.35. The van der Waals surface area contributed by atoms with Crippen LogP contribution in [0.2, 0.25) is 0 Å². The molecular weight excluding hydrogens is 286 g/mol. The molecular formula is C11H14N3O5S-. The zero-order valence-corrected chi connectivity index (χ0v) is 11.4. The molecule has 0 fully saturated rings. The Bertz CT molecular complexity index is 597. The summed E-state index contributed by atoms with van der Waals surface area (Å²) in [6.45, 7) is 1.38. The minimum Gasteiger partial charge on any atom is -0.548 e. The van der Waals surface area contributed by atoms with Gasteiger partial charge in [0.25, 0.3) is 0 Å². The first-order valence-electron chi connectivity index (χ1n) is 5.57. The van der Waals surface area contributed by atoms with Crippen molar-refractivity contribution in [3.8, 4) is 0 Å². The van der Waals surface area contributed by atoms with Crippen molar-refractivity contribution in [1.82, 2.24) is 10.6 Å². The number of primary sulfonamides is 1. The van der Waals surface area contributed by atoms with Gasteiger partial charge < -0.3 is 20.5 Å². The largest absolute Gasteiger partial charge is 0.548 e. The number of carboxylic acid groups (broad SMARTS) is 1. The Labute approximate surface area is 116 Å². The van der Waals surface area contributed by atoms with E-state index < -0.39 is 28.1 Å². The highest BCUT2D eigenvalue weighted by Crippen LogP contribution is 2.08. The number of hydrogen-bond acceptors (Lipinski definition) is 5. The van der Waals surface area contributed by atoms with Crippen LogP contribution in [0.25, 0.3) is 0 Å². The van der Waals surface area contributed by atoms with Gasteiger partial charge in [-0.2, -0.15) is 0 Å². The predicted molar refractivity (Wildman–Crippen MR) is 67.7 cm³/mol. The van der Waals surface area contributed by atoms with Crippen molar-refractivity contribution < 1.29 is 23.1 Å². The van der Waals surface area contributed by atoms with Crippen LogP contribution in [0.4, 0.5) is 4.79 Å². The number of rotatable bonds is 5. The maximum atomic E-state index is 11.3. The van der Waals surface area contributed by atoms with Crippen LogP contribution in [-0.4, -0.2) is 26.5 Å². The number of benzene rings is 1. The van der Waals surface area contributed by atoms with Gasteiger partial charge in [0.1, 0.15) is 0 Å². The van der Waals surface area contributed by atoms with E-state index in [0.717, 1.165) is 0 Å². The number of urea groups is 1. The second kappa shape index (κ2) is 6.35. The van der Waals surface area contributed by atoms with Crippen molar-refractivity contribution in [2.24, 2.45) is 5.14 Å². The molecule has 1 rings (SSSR count). The molecule has 0 bridgehead atoms. The summed E-state index contributed by atoms with van der Waals surface area (Å²) in [6.07, 6.45) is 0. The molecule has 9 heteroatoms. The molecule has 0 saturated heterocycles. The Hall–Kier alpha value is -2.13. The average molecular weight is 300 g/mol. The molecule has 8 nitrogen and oxygen atoms in total. The monoisotopic (exact) mass is 300 g/mol. The van der Waals surface area contributed by atoms with E-state index in [4.69, 9.17) is 5.14 Å². The molecule has 0 aliphatic rings. The van der Waals surface area contributed by atoms with Gasteiger partial charge in [0.05, 0.1) is 16.9 Å². The molecule has 0 heterocycles. The van der Waals surface area contributed by atoms with E-state index in [1.165, 1.54) is 31.2 Å². The lowest BCUT2D eigenvalue weighted by Gasteiger charge is -2.15. The maximum Gasteiger partial charge on any atom is 0.315 e. The first kappa shape index (κ1) is 15.9. The van der Waals surface area contributed by atoms with Gasteiger partial charge in [-0.1, -0.05) is 12.1 Å². The normalized spacial score (nSPS) is 12.5. The zero-order valence-electron chi connectivity index (χ0n) is 10.6. The maximum absolute atomic E-state index is 11.3. The standard InChI is InChI=1S/C11H15N3O5S/c1-7(10(15)16)14-11(17)13-6-8-2-4-9(5-3-8)20(12,18)19/h2-5,7H,6H2,1H3,(H,15,16)(H2,12,18,19)(H2,13,14,17)/p-1/t7-/m0/s1. The Morgan fingerprint density at radius 2 is 1.85 bits per heavy atom. The second-order valence-corrected chi connectivity index (χ2v) is 5.62. The number of carbonyl (C=O) groups is 2. The van der Waals surface area contributed by atoms with Crippen molar-refractivity contribution in [2.45, 2.75) is 24.4 Å². The Morgan fingerprint density at radius 3 is 2.30 bits per heavy atom. The van der Waals surface area contributed by atoms with Crippen LogP contribution in [0.15, 0.2) is 29.2 Å². The van der Waals surface area contributed by atoms with Gasteiger partial charge in [0.2, 0.25) is 10.0 Å². The number of nitrogens with two attached hydrogens (primary N) is 1. The van der Waals surface area contributed by atoms with Crippen molar-refractivity contribution in [1.29, 1.82) is 0 Å². The quantitative estimate of drug-likeness (QED) is 0.592. The smallest absolute Gasteiger partial charge is 0.315 e. The van der Waals surface area contributed by atoms with Gasteiger partial charge in [0.15, 0.2) is 0 Å². The fourth-order valence-electron chi connectivity index (χ4n) is 1.29. The number of nitrogens with one attached hydrogen (secondary N) is 2. The molecule has 0 spiro atoms. The molecule has 4 N–H and O–H groups in total. The molecule has 0 aliphatic carbocycles. The fourth-order valence-corrected chi connectivity index (χ4v) is 1.80. The predicted octanol–water partition coefficient (Wildman–Crippen LogP) is -1.73. The Morgan fingerprint density at radius 1 is 1.30 bits per heavy atom. The minimum absolute atomic E-state index is 0.0312. The summed E-state index contributed by atoms with van der Waals surface area (Å²) in [5.74, 6) is -1.39. The van der Waals surface area contributed by atoms with Crippen LogP contribution in [0.3, 0.4) is 0 Å². The van der Waals surface area contributed by atoms with E-state index in [1.807, 2.05) is 0 Å². The zero-order chi connectivity index (χ0) is 15.3. The molecule has 1 atom stereocenters. The number of sulfonamides is 1. The number of carbonyl (C=O) groups excluding carboxylic acids is 2. The van der Waals surface area contributed by atoms with Crippen molar-refractivity contribution in [3.63, 3.8) is 0 Å². The number of hydrogen-bond donors (Lipinski definition) is 3. The first-order chi connectivity index (χ1) is 9.20. The third-order valence-electron chi connectivity index (χ3n) is 2.41. The van der Waals surface area contributed by atoms with Crippen molar-refractivity contribution in [2.75, 3.05) is 0 Å². The molecule has 2 amide bonds. The van der Waals surface area contributed by atoms with Crippen LogP contribution < -0.4 is 20.9 Å². The minimum atomic E-state index is -3.75.